The predicted octanol–water partition coefficient (Wildman–Crippen LogP) is 2.68. The van der Waals surface area contributed by atoms with Gasteiger partial charge >= 0.3 is 0 Å². The number of rotatable bonds is 4. The fraction of sp³-hybridized carbons (Fsp3) is 0.421. The van der Waals surface area contributed by atoms with Crippen LogP contribution < -0.4 is 4.74 Å². The molecule has 132 valence electrons. The standard InChI is InChI=1S/C19H22ClN3O2/c1-12-4-17(22-21-12)7-15-9-23(10-18(15)24)8-13-5-14-6-16(20)2-3-19(14)25-11-13/h2-6,15,18,24H,7-11H2,1H3,(H,21,22)/t15-,18+/m1/s1. The number of likely N-dealkylation sites (tertiary alicyclic amines) is 1. The number of aliphatic hydroxyl groups is 1. The van der Waals surface area contributed by atoms with Crippen LogP contribution >= 0.6 is 11.6 Å². The summed E-state index contributed by atoms with van der Waals surface area (Å²) in [5.41, 5.74) is 4.31. The smallest absolute Gasteiger partial charge is 0.127 e. The molecule has 0 unspecified atom stereocenters. The first kappa shape index (κ1) is 16.6. The molecule has 0 aliphatic carbocycles. The van der Waals surface area contributed by atoms with Crippen molar-refractivity contribution in [2.24, 2.45) is 5.92 Å². The summed E-state index contributed by atoms with van der Waals surface area (Å²) in [6.45, 7) is 4.94. The lowest BCUT2D eigenvalue weighted by molar-refractivity contribution is 0.141. The monoisotopic (exact) mass is 359 g/mol. The van der Waals surface area contributed by atoms with E-state index in [4.69, 9.17) is 16.3 Å². The minimum Gasteiger partial charge on any atom is -0.489 e. The maximum absolute atomic E-state index is 10.4. The fourth-order valence-electron chi connectivity index (χ4n) is 3.69. The molecule has 25 heavy (non-hydrogen) atoms. The van der Waals surface area contributed by atoms with Crippen LogP contribution in [-0.4, -0.2) is 52.5 Å². The van der Waals surface area contributed by atoms with Crippen molar-refractivity contribution in [1.29, 1.82) is 0 Å². The number of aromatic amines is 1. The van der Waals surface area contributed by atoms with E-state index in [9.17, 15) is 5.11 Å². The Hall–Kier alpha value is -1.82. The van der Waals surface area contributed by atoms with E-state index in [2.05, 4.69) is 21.2 Å². The van der Waals surface area contributed by atoms with E-state index in [1.807, 2.05) is 31.2 Å². The van der Waals surface area contributed by atoms with Gasteiger partial charge in [0.1, 0.15) is 12.4 Å². The summed E-state index contributed by atoms with van der Waals surface area (Å²) in [7, 11) is 0. The molecule has 2 aliphatic heterocycles. The van der Waals surface area contributed by atoms with Crippen molar-refractivity contribution in [1.82, 2.24) is 15.1 Å². The molecule has 1 fully saturated rings. The van der Waals surface area contributed by atoms with E-state index in [0.29, 0.717) is 18.2 Å². The Kier molecular flexibility index (Phi) is 4.54. The third kappa shape index (κ3) is 3.73. The van der Waals surface area contributed by atoms with Gasteiger partial charge in [0.05, 0.1) is 11.8 Å². The highest BCUT2D eigenvalue weighted by molar-refractivity contribution is 6.30. The van der Waals surface area contributed by atoms with Crippen LogP contribution in [0.25, 0.3) is 6.08 Å². The molecule has 0 spiro atoms. The highest BCUT2D eigenvalue weighted by Gasteiger charge is 2.32. The minimum absolute atomic E-state index is 0.217. The number of halogens is 1. The molecular formula is C19H22ClN3O2. The van der Waals surface area contributed by atoms with Gasteiger partial charge in [-0.1, -0.05) is 11.6 Å². The van der Waals surface area contributed by atoms with Gasteiger partial charge in [-0.05, 0) is 49.3 Å². The van der Waals surface area contributed by atoms with Gasteiger partial charge < -0.3 is 9.84 Å². The number of β-amino-alcohol motifs (C(OH)–C–C–N with tert-alkyl or cyclic N) is 1. The molecule has 1 saturated heterocycles. The van der Waals surface area contributed by atoms with Gasteiger partial charge in [0.15, 0.2) is 0 Å². The molecule has 6 heteroatoms. The largest absolute Gasteiger partial charge is 0.489 e. The first-order chi connectivity index (χ1) is 12.1. The van der Waals surface area contributed by atoms with Crippen LogP contribution in [0.3, 0.4) is 0 Å². The average molecular weight is 360 g/mol. The van der Waals surface area contributed by atoms with Gasteiger partial charge in [-0.15, -0.1) is 0 Å². The van der Waals surface area contributed by atoms with Gasteiger partial charge in [-0.2, -0.15) is 5.10 Å². The number of aryl methyl sites for hydroxylation is 1. The summed E-state index contributed by atoms with van der Waals surface area (Å²) in [6, 6.07) is 7.73. The molecule has 0 saturated carbocycles. The van der Waals surface area contributed by atoms with Crippen molar-refractivity contribution in [3.8, 4) is 5.75 Å². The molecule has 3 heterocycles. The first-order valence-electron chi connectivity index (χ1n) is 8.60. The van der Waals surface area contributed by atoms with E-state index in [-0.39, 0.29) is 12.0 Å². The Balaban J connectivity index is 1.40. The van der Waals surface area contributed by atoms with Crippen molar-refractivity contribution in [3.63, 3.8) is 0 Å². The molecule has 4 rings (SSSR count). The topological polar surface area (TPSA) is 61.4 Å². The molecule has 2 atom stereocenters. The van der Waals surface area contributed by atoms with Crippen molar-refractivity contribution in [2.75, 3.05) is 26.2 Å². The van der Waals surface area contributed by atoms with E-state index in [1.165, 1.54) is 5.57 Å². The van der Waals surface area contributed by atoms with Crippen molar-refractivity contribution < 1.29 is 9.84 Å². The van der Waals surface area contributed by atoms with Crippen molar-refractivity contribution >= 4 is 17.7 Å². The normalized spacial score (nSPS) is 23.2. The number of nitrogens with zero attached hydrogens (tertiary/aromatic N) is 2. The summed E-state index contributed by atoms with van der Waals surface area (Å²) >= 11 is 6.07. The lowest BCUT2D eigenvalue weighted by atomic mass is 10.00. The Bertz CT molecular complexity index is 802. The van der Waals surface area contributed by atoms with Gasteiger partial charge in [0.2, 0.25) is 0 Å². The number of H-pyrrole nitrogens is 1. The number of hydrogen-bond acceptors (Lipinski definition) is 4. The number of nitrogens with one attached hydrogen (secondary N) is 1. The Morgan fingerprint density at radius 1 is 1.36 bits per heavy atom. The molecule has 0 amide bonds. The highest BCUT2D eigenvalue weighted by Crippen LogP contribution is 2.30. The summed E-state index contributed by atoms with van der Waals surface area (Å²) in [5.74, 6) is 1.09. The molecule has 1 aromatic heterocycles. The Labute approximate surface area is 152 Å². The van der Waals surface area contributed by atoms with Crippen LogP contribution in [0.5, 0.6) is 5.75 Å². The van der Waals surface area contributed by atoms with Crippen molar-refractivity contribution in [2.45, 2.75) is 19.4 Å². The number of hydrogen-bond donors (Lipinski definition) is 2. The lowest BCUT2D eigenvalue weighted by Gasteiger charge is -2.22. The Morgan fingerprint density at radius 3 is 3.04 bits per heavy atom. The maximum Gasteiger partial charge on any atom is 0.127 e. The summed E-state index contributed by atoms with van der Waals surface area (Å²) in [5, 5.41) is 18.4. The molecule has 2 N–H and O–H groups in total. The average Bonchev–Trinajstić information content (AvgIpc) is 3.13. The summed E-state index contributed by atoms with van der Waals surface area (Å²) in [6.07, 6.45) is 2.64. The third-order valence-electron chi connectivity index (χ3n) is 4.88. The van der Waals surface area contributed by atoms with Gasteiger partial charge in [-0.25, -0.2) is 0 Å². The van der Waals surface area contributed by atoms with Gasteiger partial charge in [0, 0.05) is 41.8 Å². The lowest BCUT2D eigenvalue weighted by Crippen LogP contribution is -2.27. The third-order valence-corrected chi connectivity index (χ3v) is 5.12. The van der Waals surface area contributed by atoms with E-state index < -0.39 is 0 Å². The molecule has 2 aliphatic rings. The SMILES string of the molecule is Cc1cc(C[C@@H]2CN(CC3=Cc4cc(Cl)ccc4OC3)C[C@@H]2O)n[nH]1. The minimum atomic E-state index is -0.316. The van der Waals surface area contributed by atoms with Gasteiger partial charge in [0.25, 0.3) is 0 Å². The van der Waals surface area contributed by atoms with Crippen LogP contribution in [0.1, 0.15) is 17.0 Å². The maximum atomic E-state index is 10.4. The van der Waals surface area contributed by atoms with E-state index in [0.717, 1.165) is 42.2 Å². The number of benzene rings is 1. The molecule has 0 bridgehead atoms. The first-order valence-corrected chi connectivity index (χ1v) is 8.98. The van der Waals surface area contributed by atoms with Crippen LogP contribution in [-0.2, 0) is 6.42 Å². The quantitative estimate of drug-likeness (QED) is 0.881. The molecule has 0 radical (unpaired) electrons. The number of aromatic nitrogens is 2. The molecule has 2 aromatic rings. The summed E-state index contributed by atoms with van der Waals surface area (Å²) < 4.78 is 5.82. The van der Waals surface area contributed by atoms with Crippen LogP contribution in [0, 0.1) is 12.8 Å². The highest BCUT2D eigenvalue weighted by atomic mass is 35.5. The fourth-order valence-corrected chi connectivity index (χ4v) is 3.87. The second kappa shape index (κ2) is 6.83. The second-order valence-electron chi connectivity index (χ2n) is 7.04. The molecular weight excluding hydrogens is 338 g/mol. The zero-order valence-electron chi connectivity index (χ0n) is 14.2. The van der Waals surface area contributed by atoms with Gasteiger partial charge in [-0.3, -0.25) is 10.00 Å². The zero-order chi connectivity index (χ0) is 17.4. The molecule has 1 aromatic carbocycles. The summed E-state index contributed by atoms with van der Waals surface area (Å²) in [4.78, 5) is 2.29. The van der Waals surface area contributed by atoms with E-state index >= 15 is 0 Å². The van der Waals surface area contributed by atoms with E-state index in [1.54, 1.807) is 0 Å². The van der Waals surface area contributed by atoms with Crippen LogP contribution in [0.4, 0.5) is 0 Å². The zero-order valence-corrected chi connectivity index (χ0v) is 15.0. The van der Waals surface area contributed by atoms with Crippen LogP contribution in [0.15, 0.2) is 29.8 Å². The Morgan fingerprint density at radius 2 is 2.24 bits per heavy atom. The molecule has 5 nitrogen and oxygen atoms in total. The number of fused-ring (bicyclic) bond motifs is 1. The predicted molar refractivity (Wildman–Crippen MR) is 97.9 cm³/mol. The van der Waals surface area contributed by atoms with Crippen molar-refractivity contribution in [3.05, 3.63) is 51.8 Å². The number of ether oxygens (including phenoxy) is 1. The second-order valence-corrected chi connectivity index (χ2v) is 7.48. The van der Waals surface area contributed by atoms with Crippen LogP contribution in [0.2, 0.25) is 5.02 Å². The number of aliphatic hydroxyl groups excluding tert-OH is 1.